The number of hydrogen-bond donors (Lipinski definition) is 3. The summed E-state index contributed by atoms with van der Waals surface area (Å²) in [5.41, 5.74) is 2.26. The molecule has 4 heteroatoms. The second kappa shape index (κ2) is 3.55. The van der Waals surface area contributed by atoms with Gasteiger partial charge in [-0.3, -0.25) is 5.10 Å². The molecule has 1 aromatic carbocycles. The Balaban J connectivity index is 1.92. The fourth-order valence-electron chi connectivity index (χ4n) is 2.09. The van der Waals surface area contributed by atoms with Crippen LogP contribution in [0.3, 0.4) is 0 Å². The van der Waals surface area contributed by atoms with Crippen LogP contribution < -0.4 is 10.6 Å². The van der Waals surface area contributed by atoms with Gasteiger partial charge in [-0.25, -0.2) is 0 Å². The van der Waals surface area contributed by atoms with Gasteiger partial charge < -0.3 is 10.6 Å². The summed E-state index contributed by atoms with van der Waals surface area (Å²) in [6, 6.07) is 6.74. The van der Waals surface area contributed by atoms with Crippen molar-refractivity contribution in [2.24, 2.45) is 0 Å². The summed E-state index contributed by atoms with van der Waals surface area (Å²) < 4.78 is 0. The average Bonchev–Trinajstić information content (AvgIpc) is 2.87. The Kier molecular flexibility index (Phi) is 2.07. The van der Waals surface area contributed by atoms with Crippen LogP contribution in [0.1, 0.15) is 6.42 Å². The zero-order chi connectivity index (χ0) is 10.1. The molecule has 2 heterocycles. The number of hydrogen-bond acceptors (Lipinski definition) is 3. The summed E-state index contributed by atoms with van der Waals surface area (Å²) >= 11 is 0. The fraction of sp³-hybridized carbons (Fsp3) is 0.364. The molecule has 0 aliphatic carbocycles. The fourth-order valence-corrected chi connectivity index (χ4v) is 2.09. The molecule has 1 saturated heterocycles. The summed E-state index contributed by atoms with van der Waals surface area (Å²) in [7, 11) is 0. The second-order valence-electron chi connectivity index (χ2n) is 3.97. The molecule has 1 unspecified atom stereocenters. The maximum atomic E-state index is 4.06. The van der Waals surface area contributed by atoms with E-state index in [2.05, 4.69) is 26.9 Å². The molecule has 0 spiro atoms. The topological polar surface area (TPSA) is 52.7 Å². The number of anilines is 1. The molecule has 1 aromatic heterocycles. The largest absolute Gasteiger partial charge is 0.380 e. The lowest BCUT2D eigenvalue weighted by Gasteiger charge is -2.13. The Bertz CT molecular complexity index is 456. The van der Waals surface area contributed by atoms with Gasteiger partial charge in [-0.2, -0.15) is 5.10 Å². The van der Waals surface area contributed by atoms with E-state index in [0.717, 1.165) is 18.6 Å². The number of aromatic nitrogens is 2. The van der Waals surface area contributed by atoms with Crippen molar-refractivity contribution in [1.82, 2.24) is 15.5 Å². The van der Waals surface area contributed by atoms with Crippen molar-refractivity contribution in [2.45, 2.75) is 12.5 Å². The molecule has 3 N–H and O–H groups in total. The van der Waals surface area contributed by atoms with Crippen LogP contribution in [0.5, 0.6) is 0 Å². The molecule has 0 radical (unpaired) electrons. The van der Waals surface area contributed by atoms with E-state index in [1.807, 2.05) is 18.3 Å². The quantitative estimate of drug-likeness (QED) is 0.688. The Morgan fingerprint density at radius 2 is 2.40 bits per heavy atom. The van der Waals surface area contributed by atoms with Gasteiger partial charge in [-0.15, -0.1) is 0 Å². The summed E-state index contributed by atoms with van der Waals surface area (Å²) in [5.74, 6) is 0. The summed E-state index contributed by atoms with van der Waals surface area (Å²) in [5, 5.41) is 15.1. The van der Waals surface area contributed by atoms with Gasteiger partial charge in [-0.05, 0) is 25.1 Å². The van der Waals surface area contributed by atoms with Crippen molar-refractivity contribution in [3.63, 3.8) is 0 Å². The van der Waals surface area contributed by atoms with Crippen LogP contribution in [0, 0.1) is 0 Å². The van der Waals surface area contributed by atoms with Crippen molar-refractivity contribution in [2.75, 3.05) is 18.4 Å². The lowest BCUT2D eigenvalue weighted by molar-refractivity contribution is 0.794. The molecule has 1 aliphatic heterocycles. The zero-order valence-corrected chi connectivity index (χ0v) is 8.46. The van der Waals surface area contributed by atoms with Crippen molar-refractivity contribution in [3.8, 4) is 0 Å². The molecule has 0 bridgehead atoms. The molecule has 15 heavy (non-hydrogen) atoms. The van der Waals surface area contributed by atoms with Crippen LogP contribution in [0.15, 0.2) is 24.4 Å². The minimum Gasteiger partial charge on any atom is -0.380 e. The number of fused-ring (bicyclic) bond motifs is 1. The lowest BCUT2D eigenvalue weighted by Crippen LogP contribution is -2.22. The van der Waals surface area contributed by atoms with Gasteiger partial charge >= 0.3 is 0 Å². The monoisotopic (exact) mass is 202 g/mol. The molecule has 78 valence electrons. The van der Waals surface area contributed by atoms with Gasteiger partial charge in [0.25, 0.3) is 0 Å². The first kappa shape index (κ1) is 8.73. The van der Waals surface area contributed by atoms with E-state index >= 15 is 0 Å². The van der Waals surface area contributed by atoms with Crippen molar-refractivity contribution >= 4 is 16.6 Å². The van der Waals surface area contributed by atoms with Gasteiger partial charge in [0.05, 0.1) is 11.7 Å². The van der Waals surface area contributed by atoms with Crippen LogP contribution in [0.2, 0.25) is 0 Å². The third-order valence-corrected chi connectivity index (χ3v) is 2.90. The van der Waals surface area contributed by atoms with Crippen molar-refractivity contribution < 1.29 is 0 Å². The predicted molar refractivity (Wildman–Crippen MR) is 61.0 cm³/mol. The Morgan fingerprint density at radius 3 is 3.27 bits per heavy atom. The van der Waals surface area contributed by atoms with Crippen molar-refractivity contribution in [1.29, 1.82) is 0 Å². The SMILES string of the molecule is c1cc(NC2CCNC2)c2cn[nH]c2c1. The van der Waals surface area contributed by atoms with Crippen LogP contribution in [0.4, 0.5) is 5.69 Å². The summed E-state index contributed by atoms with van der Waals surface area (Å²) in [4.78, 5) is 0. The number of rotatable bonds is 2. The highest BCUT2D eigenvalue weighted by Crippen LogP contribution is 2.22. The third kappa shape index (κ3) is 1.57. The Labute approximate surface area is 88.1 Å². The van der Waals surface area contributed by atoms with Gasteiger partial charge in [-0.1, -0.05) is 6.07 Å². The second-order valence-corrected chi connectivity index (χ2v) is 3.97. The minimum atomic E-state index is 0.547. The van der Waals surface area contributed by atoms with Gasteiger partial charge in [0.15, 0.2) is 0 Å². The zero-order valence-electron chi connectivity index (χ0n) is 8.46. The molecule has 3 rings (SSSR count). The van der Waals surface area contributed by atoms with E-state index in [9.17, 15) is 0 Å². The Hall–Kier alpha value is -1.55. The summed E-state index contributed by atoms with van der Waals surface area (Å²) in [6.07, 6.45) is 3.06. The van der Waals surface area contributed by atoms with E-state index in [1.165, 1.54) is 17.5 Å². The van der Waals surface area contributed by atoms with Gasteiger partial charge in [0, 0.05) is 23.7 Å². The molecule has 2 aromatic rings. The van der Waals surface area contributed by atoms with E-state index in [4.69, 9.17) is 0 Å². The standard InChI is InChI=1S/C11H14N4/c1-2-10(14-8-4-5-12-6-8)9-7-13-15-11(9)3-1/h1-3,7-8,12,14H,4-6H2,(H,13,15). The Morgan fingerprint density at radius 1 is 1.40 bits per heavy atom. The molecule has 1 atom stereocenters. The van der Waals surface area contributed by atoms with Crippen LogP contribution in [-0.2, 0) is 0 Å². The number of aromatic amines is 1. The summed E-state index contributed by atoms with van der Waals surface area (Å²) in [6.45, 7) is 2.16. The van der Waals surface area contributed by atoms with E-state index in [1.54, 1.807) is 0 Å². The molecular weight excluding hydrogens is 188 g/mol. The highest BCUT2D eigenvalue weighted by atomic mass is 15.1. The van der Waals surface area contributed by atoms with Crippen molar-refractivity contribution in [3.05, 3.63) is 24.4 Å². The number of nitrogens with one attached hydrogen (secondary N) is 3. The average molecular weight is 202 g/mol. The molecule has 4 nitrogen and oxygen atoms in total. The number of benzene rings is 1. The van der Waals surface area contributed by atoms with E-state index < -0.39 is 0 Å². The number of H-pyrrole nitrogens is 1. The smallest absolute Gasteiger partial charge is 0.0671 e. The predicted octanol–water partition coefficient (Wildman–Crippen LogP) is 1.34. The maximum absolute atomic E-state index is 4.06. The van der Waals surface area contributed by atoms with E-state index in [-0.39, 0.29) is 0 Å². The van der Waals surface area contributed by atoms with Gasteiger partial charge in [0.1, 0.15) is 0 Å². The lowest BCUT2D eigenvalue weighted by atomic mass is 10.2. The highest BCUT2D eigenvalue weighted by Gasteiger charge is 2.14. The minimum absolute atomic E-state index is 0.547. The highest BCUT2D eigenvalue weighted by molar-refractivity contribution is 5.90. The first-order valence-corrected chi connectivity index (χ1v) is 5.33. The first-order valence-electron chi connectivity index (χ1n) is 5.33. The first-order chi connectivity index (χ1) is 7.43. The van der Waals surface area contributed by atoms with Gasteiger partial charge in [0.2, 0.25) is 0 Å². The number of nitrogens with zero attached hydrogens (tertiary/aromatic N) is 1. The van der Waals surface area contributed by atoms with Crippen LogP contribution in [-0.4, -0.2) is 29.3 Å². The maximum Gasteiger partial charge on any atom is 0.0671 e. The molecular formula is C11H14N4. The molecule has 1 fully saturated rings. The van der Waals surface area contributed by atoms with E-state index in [0.29, 0.717) is 6.04 Å². The van der Waals surface area contributed by atoms with Crippen LogP contribution in [0.25, 0.3) is 10.9 Å². The normalized spacial score (nSPS) is 20.9. The van der Waals surface area contributed by atoms with Crippen LogP contribution >= 0.6 is 0 Å². The molecule has 0 amide bonds. The molecule has 1 aliphatic rings. The third-order valence-electron chi connectivity index (χ3n) is 2.90. The molecule has 0 saturated carbocycles.